The summed E-state index contributed by atoms with van der Waals surface area (Å²) in [7, 11) is 0. The molecule has 0 aromatic carbocycles. The Hall–Kier alpha value is -1.81. The predicted octanol–water partition coefficient (Wildman–Crippen LogP) is 2.55. The minimum absolute atomic E-state index is 0.188. The van der Waals surface area contributed by atoms with E-state index in [4.69, 9.17) is 0 Å². The van der Waals surface area contributed by atoms with Gasteiger partial charge in [0.2, 0.25) is 5.91 Å². The highest BCUT2D eigenvalue weighted by atomic mass is 32.2. The van der Waals surface area contributed by atoms with E-state index in [1.54, 1.807) is 6.92 Å². The van der Waals surface area contributed by atoms with Gasteiger partial charge >= 0.3 is 0 Å². The highest BCUT2D eigenvalue weighted by Gasteiger charge is 2.35. The number of carbonyl (C=O) groups is 1. The second-order valence-corrected chi connectivity index (χ2v) is 7.63. The lowest BCUT2D eigenvalue weighted by atomic mass is 9.83. The van der Waals surface area contributed by atoms with E-state index in [2.05, 4.69) is 21.4 Å². The van der Waals surface area contributed by atoms with Gasteiger partial charge in [-0.3, -0.25) is 9.59 Å². The Morgan fingerprint density at radius 2 is 2.21 bits per heavy atom. The molecule has 0 aliphatic heterocycles. The normalized spacial score (nSPS) is 17.7. The molecule has 0 radical (unpaired) electrons. The van der Waals surface area contributed by atoms with Crippen molar-refractivity contribution in [2.24, 2.45) is 0 Å². The minimum Gasteiger partial charge on any atom is -0.337 e. The molecule has 1 heterocycles. The topological polar surface area (TPSA) is 98.6 Å². The summed E-state index contributed by atoms with van der Waals surface area (Å²) in [6, 6.07) is 3.78. The highest BCUT2D eigenvalue weighted by Crippen LogP contribution is 2.28. The van der Waals surface area contributed by atoms with Gasteiger partial charge < -0.3 is 10.3 Å². The van der Waals surface area contributed by atoms with E-state index in [1.165, 1.54) is 17.8 Å². The number of H-pyrrole nitrogens is 1. The van der Waals surface area contributed by atoms with Crippen LogP contribution in [0.1, 0.15) is 58.1 Å². The van der Waals surface area contributed by atoms with Gasteiger partial charge in [0.15, 0.2) is 5.16 Å². The molecule has 1 saturated carbocycles. The first-order valence-electron chi connectivity index (χ1n) is 8.48. The van der Waals surface area contributed by atoms with E-state index in [0.29, 0.717) is 18.0 Å². The summed E-state index contributed by atoms with van der Waals surface area (Å²) in [5.74, 6) is -0.188. The van der Waals surface area contributed by atoms with E-state index in [9.17, 15) is 14.9 Å². The first-order valence-corrected chi connectivity index (χ1v) is 9.36. The van der Waals surface area contributed by atoms with E-state index >= 15 is 0 Å². The van der Waals surface area contributed by atoms with Gasteiger partial charge in [-0.05, 0) is 26.2 Å². The van der Waals surface area contributed by atoms with Gasteiger partial charge in [0.1, 0.15) is 5.54 Å². The van der Waals surface area contributed by atoms with Crippen molar-refractivity contribution in [3.05, 3.63) is 22.1 Å². The Labute approximate surface area is 146 Å². The molecule has 2 N–H and O–H groups in total. The number of nitrogens with one attached hydrogen (secondary N) is 2. The highest BCUT2D eigenvalue weighted by molar-refractivity contribution is 8.00. The summed E-state index contributed by atoms with van der Waals surface area (Å²) in [6.07, 6.45) is 6.07. The maximum Gasteiger partial charge on any atom is 0.251 e. The lowest BCUT2D eigenvalue weighted by Crippen LogP contribution is -2.51. The molecule has 1 aromatic rings. The van der Waals surface area contributed by atoms with Crippen molar-refractivity contribution in [1.82, 2.24) is 15.3 Å². The number of nitriles is 1. The molecule has 24 heavy (non-hydrogen) atoms. The van der Waals surface area contributed by atoms with Crippen LogP contribution < -0.4 is 10.9 Å². The van der Waals surface area contributed by atoms with Crippen molar-refractivity contribution in [3.63, 3.8) is 0 Å². The van der Waals surface area contributed by atoms with Crippen LogP contribution in [0, 0.1) is 11.3 Å². The van der Waals surface area contributed by atoms with Crippen molar-refractivity contribution < 1.29 is 4.79 Å². The molecule has 0 saturated heterocycles. The third-order valence-corrected chi connectivity index (χ3v) is 5.20. The Kier molecular flexibility index (Phi) is 6.44. The number of hydrogen-bond acceptors (Lipinski definition) is 5. The fourth-order valence-electron chi connectivity index (χ4n) is 2.90. The molecule has 6 nitrogen and oxygen atoms in total. The average molecular weight is 348 g/mol. The number of hydrogen-bond donors (Lipinski definition) is 2. The second kappa shape index (κ2) is 8.34. The molecule has 2 rings (SSSR count). The molecule has 130 valence electrons. The van der Waals surface area contributed by atoms with Crippen LogP contribution >= 0.6 is 11.8 Å². The number of amides is 1. The van der Waals surface area contributed by atoms with E-state index in [0.717, 1.165) is 37.8 Å². The van der Waals surface area contributed by atoms with Crippen LogP contribution in [-0.4, -0.2) is 26.7 Å². The van der Waals surface area contributed by atoms with Gasteiger partial charge in [0, 0.05) is 11.8 Å². The standard InChI is InChI=1S/C17H24N4O2S/c1-3-7-13-10-14(22)20-16(19-13)24-12(2)15(23)21-17(11-18)8-5-4-6-9-17/h10,12H,3-9H2,1-2H3,(H,21,23)(H,19,20,22)/t12-/m0/s1. The van der Waals surface area contributed by atoms with Crippen LogP contribution in [-0.2, 0) is 11.2 Å². The van der Waals surface area contributed by atoms with Crippen molar-refractivity contribution in [3.8, 4) is 6.07 Å². The maximum atomic E-state index is 12.5. The number of aromatic nitrogens is 2. The van der Waals surface area contributed by atoms with Crippen molar-refractivity contribution >= 4 is 17.7 Å². The molecule has 0 bridgehead atoms. The minimum atomic E-state index is -0.741. The smallest absolute Gasteiger partial charge is 0.251 e. The van der Waals surface area contributed by atoms with Crippen LogP contribution in [0.15, 0.2) is 16.0 Å². The average Bonchev–Trinajstić information content (AvgIpc) is 2.55. The van der Waals surface area contributed by atoms with Crippen molar-refractivity contribution in [2.45, 2.75) is 74.7 Å². The van der Waals surface area contributed by atoms with Gasteiger partial charge in [-0.15, -0.1) is 0 Å². The Morgan fingerprint density at radius 1 is 1.50 bits per heavy atom. The Morgan fingerprint density at radius 3 is 2.83 bits per heavy atom. The number of nitrogens with zero attached hydrogens (tertiary/aromatic N) is 2. The number of carbonyl (C=O) groups excluding carboxylic acids is 1. The molecule has 1 aromatic heterocycles. The largest absolute Gasteiger partial charge is 0.337 e. The van der Waals surface area contributed by atoms with Crippen molar-refractivity contribution in [2.75, 3.05) is 0 Å². The summed E-state index contributed by atoms with van der Waals surface area (Å²) in [5, 5.41) is 12.4. The molecular weight excluding hydrogens is 324 g/mol. The van der Waals surface area contributed by atoms with E-state index in [-0.39, 0.29) is 11.5 Å². The third kappa shape index (κ3) is 4.84. The predicted molar refractivity (Wildman–Crippen MR) is 93.7 cm³/mol. The molecule has 1 aliphatic rings. The van der Waals surface area contributed by atoms with Crippen LogP contribution in [0.25, 0.3) is 0 Å². The van der Waals surface area contributed by atoms with Gasteiger partial charge in [-0.2, -0.15) is 5.26 Å². The lowest BCUT2D eigenvalue weighted by molar-refractivity contribution is -0.121. The van der Waals surface area contributed by atoms with Gasteiger partial charge in [0.25, 0.3) is 5.56 Å². The van der Waals surface area contributed by atoms with Gasteiger partial charge in [-0.25, -0.2) is 4.98 Å². The summed E-state index contributed by atoms with van der Waals surface area (Å²) in [6.45, 7) is 3.79. The Balaban J connectivity index is 2.03. The molecule has 7 heteroatoms. The van der Waals surface area contributed by atoms with Crippen LogP contribution in [0.4, 0.5) is 0 Å². The third-order valence-electron chi connectivity index (χ3n) is 4.22. The molecule has 1 fully saturated rings. The van der Waals surface area contributed by atoms with E-state index in [1.807, 2.05) is 6.92 Å². The quantitative estimate of drug-likeness (QED) is 0.608. The maximum absolute atomic E-state index is 12.5. The number of aryl methyl sites for hydroxylation is 1. The van der Waals surface area contributed by atoms with Gasteiger partial charge in [-0.1, -0.05) is 44.4 Å². The number of thioether (sulfide) groups is 1. The fourth-order valence-corrected chi connectivity index (χ4v) is 3.73. The zero-order valence-electron chi connectivity index (χ0n) is 14.2. The van der Waals surface area contributed by atoms with Crippen LogP contribution in [0.2, 0.25) is 0 Å². The van der Waals surface area contributed by atoms with Crippen molar-refractivity contribution in [1.29, 1.82) is 5.26 Å². The number of rotatable bonds is 6. The number of aromatic amines is 1. The zero-order valence-corrected chi connectivity index (χ0v) is 15.0. The Bertz CT molecular complexity index is 674. The molecular formula is C17H24N4O2S. The monoisotopic (exact) mass is 348 g/mol. The molecule has 0 unspecified atom stereocenters. The first kappa shape index (κ1) is 18.5. The summed E-state index contributed by atoms with van der Waals surface area (Å²) < 4.78 is 0. The molecule has 1 aliphatic carbocycles. The SMILES string of the molecule is CCCc1cc(=O)[nH]c(S[C@@H](C)C(=O)NC2(C#N)CCCCC2)n1. The van der Waals surface area contributed by atoms with Gasteiger partial charge in [0.05, 0.1) is 11.3 Å². The molecule has 1 amide bonds. The molecule has 0 spiro atoms. The molecule has 1 atom stereocenters. The lowest BCUT2D eigenvalue weighted by Gasteiger charge is -2.32. The van der Waals surface area contributed by atoms with Crippen LogP contribution in [0.3, 0.4) is 0 Å². The van der Waals surface area contributed by atoms with Crippen LogP contribution in [0.5, 0.6) is 0 Å². The fraction of sp³-hybridized carbons (Fsp3) is 0.647. The summed E-state index contributed by atoms with van der Waals surface area (Å²) in [4.78, 5) is 31.2. The zero-order chi connectivity index (χ0) is 17.6. The summed E-state index contributed by atoms with van der Waals surface area (Å²) in [5.41, 5.74) is -0.212. The first-order chi connectivity index (χ1) is 11.5. The summed E-state index contributed by atoms with van der Waals surface area (Å²) >= 11 is 1.22. The van der Waals surface area contributed by atoms with E-state index < -0.39 is 10.8 Å². The second-order valence-electron chi connectivity index (χ2n) is 6.30.